The van der Waals surface area contributed by atoms with Crippen molar-refractivity contribution in [3.8, 4) is 20.9 Å². The first kappa shape index (κ1) is 23.4. The van der Waals surface area contributed by atoms with E-state index in [4.69, 9.17) is 9.97 Å². The second kappa shape index (κ2) is 10.1. The van der Waals surface area contributed by atoms with Crippen molar-refractivity contribution >= 4 is 45.9 Å². The molecule has 0 N–H and O–H groups in total. The van der Waals surface area contributed by atoms with Gasteiger partial charge in [0.2, 0.25) is 0 Å². The predicted octanol–water partition coefficient (Wildman–Crippen LogP) is 6.06. The molecule has 0 saturated carbocycles. The average molecular weight is 503 g/mol. The van der Waals surface area contributed by atoms with Crippen LogP contribution < -0.4 is 9.80 Å². The minimum Gasteiger partial charge on any atom is -0.355 e. The molecule has 5 heterocycles. The highest BCUT2D eigenvalue weighted by Crippen LogP contribution is 2.30. The number of carbonyl (C=O) groups is 2. The fourth-order valence-electron chi connectivity index (χ4n) is 4.18. The summed E-state index contributed by atoms with van der Waals surface area (Å²) in [5, 5.41) is 0. The summed E-state index contributed by atoms with van der Waals surface area (Å²) in [4.78, 5) is 40.9. The Bertz CT molecular complexity index is 1240. The van der Waals surface area contributed by atoms with Gasteiger partial charge in [0, 0.05) is 59.5 Å². The van der Waals surface area contributed by atoms with Crippen molar-refractivity contribution in [2.24, 2.45) is 0 Å². The van der Waals surface area contributed by atoms with Gasteiger partial charge in [-0.3, -0.25) is 9.59 Å². The van der Waals surface area contributed by atoms with E-state index >= 15 is 0 Å². The molecular formula is C27H26N4O2S2. The Morgan fingerprint density at radius 1 is 0.657 bits per heavy atom. The number of anilines is 2. The van der Waals surface area contributed by atoms with Crippen LogP contribution in [0.15, 0.2) is 60.9 Å². The van der Waals surface area contributed by atoms with E-state index in [0.717, 1.165) is 74.9 Å². The number of hydrogen-bond donors (Lipinski definition) is 0. The molecule has 0 radical (unpaired) electrons. The number of carbonyl (C=O) groups excluding carboxylic acids is 2. The molecule has 0 unspecified atom stereocenters. The van der Waals surface area contributed by atoms with Crippen LogP contribution in [0, 0.1) is 0 Å². The number of hydrogen-bond acceptors (Lipinski definition) is 8. The van der Waals surface area contributed by atoms with Crippen LogP contribution in [0.5, 0.6) is 0 Å². The van der Waals surface area contributed by atoms with Gasteiger partial charge in [-0.1, -0.05) is 0 Å². The molecule has 1 saturated heterocycles. The molecule has 0 amide bonds. The molecule has 1 fully saturated rings. The number of rotatable bonds is 6. The van der Waals surface area contributed by atoms with E-state index in [-0.39, 0.29) is 11.6 Å². The summed E-state index contributed by atoms with van der Waals surface area (Å²) in [6.45, 7) is 6.82. The molecule has 0 aliphatic carbocycles. The molecule has 1 aliphatic rings. The fourth-order valence-corrected chi connectivity index (χ4v) is 5.96. The molecule has 4 aromatic heterocycles. The van der Waals surface area contributed by atoms with E-state index in [1.807, 2.05) is 36.7 Å². The number of ketones is 2. The third kappa shape index (κ3) is 5.18. The highest BCUT2D eigenvalue weighted by atomic mass is 32.1. The van der Waals surface area contributed by atoms with Gasteiger partial charge in [-0.05, 0) is 68.8 Å². The zero-order valence-corrected chi connectivity index (χ0v) is 21.4. The molecule has 0 bridgehead atoms. The molecule has 0 aromatic carbocycles. The number of pyridine rings is 2. The number of Topliss-reactive ketones (excluding diaryl/α,β-unsaturated/α-hetero) is 2. The lowest BCUT2D eigenvalue weighted by Crippen LogP contribution is -2.31. The topological polar surface area (TPSA) is 66.4 Å². The smallest absolute Gasteiger partial charge is 0.169 e. The lowest BCUT2D eigenvalue weighted by molar-refractivity contribution is 0.101. The number of thiophene rings is 2. The Morgan fingerprint density at radius 3 is 1.46 bits per heavy atom. The van der Waals surface area contributed by atoms with Crippen LogP contribution in [-0.2, 0) is 0 Å². The second-order valence-corrected chi connectivity index (χ2v) is 10.7. The SMILES string of the molecule is CC(=O)c1ccc(-c2ccc(N3CCCN(c4ccc(-c5ccc(C(C)=O)s5)cn4)CC3)nc2)s1. The van der Waals surface area contributed by atoms with E-state index < -0.39 is 0 Å². The molecule has 5 rings (SSSR count). The molecule has 0 spiro atoms. The van der Waals surface area contributed by atoms with Crippen LogP contribution >= 0.6 is 22.7 Å². The zero-order chi connectivity index (χ0) is 24.4. The van der Waals surface area contributed by atoms with Gasteiger partial charge in [-0.15, -0.1) is 22.7 Å². The Balaban J connectivity index is 1.23. The summed E-state index contributed by atoms with van der Waals surface area (Å²) in [5.74, 6) is 2.14. The minimum absolute atomic E-state index is 0.0951. The highest BCUT2D eigenvalue weighted by molar-refractivity contribution is 7.17. The Kier molecular flexibility index (Phi) is 6.74. The third-order valence-electron chi connectivity index (χ3n) is 6.11. The van der Waals surface area contributed by atoms with Crippen LogP contribution in [0.25, 0.3) is 20.9 Å². The average Bonchev–Trinajstić information content (AvgIpc) is 3.50. The fraction of sp³-hybridized carbons (Fsp3) is 0.259. The van der Waals surface area contributed by atoms with Gasteiger partial charge in [-0.2, -0.15) is 0 Å². The molecule has 0 atom stereocenters. The van der Waals surface area contributed by atoms with Crippen molar-refractivity contribution in [2.75, 3.05) is 36.0 Å². The van der Waals surface area contributed by atoms with E-state index in [1.54, 1.807) is 13.8 Å². The van der Waals surface area contributed by atoms with Gasteiger partial charge in [0.05, 0.1) is 9.75 Å². The van der Waals surface area contributed by atoms with Crippen LogP contribution in [0.1, 0.15) is 39.6 Å². The maximum absolute atomic E-state index is 11.6. The summed E-state index contributed by atoms with van der Waals surface area (Å²) in [7, 11) is 0. The Hall–Kier alpha value is -3.36. The number of aromatic nitrogens is 2. The maximum atomic E-state index is 11.6. The Labute approximate surface area is 212 Å². The summed E-state index contributed by atoms with van der Waals surface area (Å²) in [6, 6.07) is 16.0. The van der Waals surface area contributed by atoms with Gasteiger partial charge in [-0.25, -0.2) is 9.97 Å². The quantitative estimate of drug-likeness (QED) is 0.299. The molecule has 1 aliphatic heterocycles. The van der Waals surface area contributed by atoms with E-state index in [1.165, 1.54) is 22.7 Å². The highest BCUT2D eigenvalue weighted by Gasteiger charge is 2.18. The first-order chi connectivity index (χ1) is 17.0. The van der Waals surface area contributed by atoms with Crippen LogP contribution in [0.4, 0.5) is 11.6 Å². The number of nitrogens with zero attached hydrogens (tertiary/aromatic N) is 4. The van der Waals surface area contributed by atoms with Crippen molar-refractivity contribution < 1.29 is 9.59 Å². The molecule has 35 heavy (non-hydrogen) atoms. The first-order valence-corrected chi connectivity index (χ1v) is 13.3. The molecule has 8 heteroatoms. The predicted molar refractivity (Wildman–Crippen MR) is 144 cm³/mol. The lowest BCUT2D eigenvalue weighted by Gasteiger charge is -2.23. The monoisotopic (exact) mass is 502 g/mol. The van der Waals surface area contributed by atoms with Crippen LogP contribution in [0.2, 0.25) is 0 Å². The van der Waals surface area contributed by atoms with Gasteiger partial charge < -0.3 is 9.80 Å². The van der Waals surface area contributed by atoms with Crippen molar-refractivity contribution in [2.45, 2.75) is 20.3 Å². The molecule has 178 valence electrons. The van der Waals surface area contributed by atoms with Crippen molar-refractivity contribution in [1.29, 1.82) is 0 Å². The Morgan fingerprint density at radius 2 is 1.11 bits per heavy atom. The normalized spacial score (nSPS) is 14.1. The maximum Gasteiger partial charge on any atom is 0.169 e. The minimum atomic E-state index is 0.0951. The van der Waals surface area contributed by atoms with Crippen LogP contribution in [-0.4, -0.2) is 47.7 Å². The van der Waals surface area contributed by atoms with Gasteiger partial charge in [0.25, 0.3) is 0 Å². The van der Waals surface area contributed by atoms with Crippen molar-refractivity contribution in [1.82, 2.24) is 9.97 Å². The molecular weight excluding hydrogens is 476 g/mol. The summed E-state index contributed by atoms with van der Waals surface area (Å²) >= 11 is 3.02. The largest absolute Gasteiger partial charge is 0.355 e. The van der Waals surface area contributed by atoms with Gasteiger partial charge in [0.1, 0.15) is 11.6 Å². The summed E-state index contributed by atoms with van der Waals surface area (Å²) in [5.41, 5.74) is 2.07. The van der Waals surface area contributed by atoms with Crippen LogP contribution in [0.3, 0.4) is 0 Å². The van der Waals surface area contributed by atoms with Gasteiger partial charge in [0.15, 0.2) is 11.6 Å². The molecule has 6 nitrogen and oxygen atoms in total. The third-order valence-corrected chi connectivity index (χ3v) is 8.58. The van der Waals surface area contributed by atoms with E-state index in [2.05, 4.69) is 34.1 Å². The van der Waals surface area contributed by atoms with E-state index in [9.17, 15) is 9.59 Å². The summed E-state index contributed by atoms with van der Waals surface area (Å²) in [6.07, 6.45) is 4.82. The first-order valence-electron chi connectivity index (χ1n) is 11.6. The van der Waals surface area contributed by atoms with Gasteiger partial charge >= 0.3 is 0 Å². The van der Waals surface area contributed by atoms with Crippen molar-refractivity contribution in [3.05, 3.63) is 70.7 Å². The summed E-state index contributed by atoms with van der Waals surface area (Å²) < 4.78 is 0. The second-order valence-electron chi connectivity index (χ2n) is 8.58. The zero-order valence-electron chi connectivity index (χ0n) is 19.7. The standard InChI is InChI=1S/C27H26N4O2S2/c1-18(32)22-6-8-24(34-22)20-4-10-26(28-16-20)30-12-3-13-31(15-14-30)27-11-5-21(17-29-27)25-9-7-23(35-25)19(2)33/h4-11,16-17H,3,12-15H2,1-2H3. The van der Waals surface area contributed by atoms with Crippen molar-refractivity contribution in [3.63, 3.8) is 0 Å². The van der Waals surface area contributed by atoms with E-state index in [0.29, 0.717) is 0 Å². The lowest BCUT2D eigenvalue weighted by atomic mass is 10.2. The molecule has 4 aromatic rings.